The summed E-state index contributed by atoms with van der Waals surface area (Å²) in [5.41, 5.74) is 3.05. The Hall–Kier alpha value is -3.16. The number of halogens is 2. The summed E-state index contributed by atoms with van der Waals surface area (Å²) in [4.78, 5) is 26.7. The van der Waals surface area contributed by atoms with E-state index < -0.39 is 6.61 Å². The van der Waals surface area contributed by atoms with Crippen LogP contribution in [-0.4, -0.2) is 36.0 Å². The van der Waals surface area contributed by atoms with Crippen molar-refractivity contribution in [2.45, 2.75) is 51.8 Å². The molecule has 2 aromatic rings. The van der Waals surface area contributed by atoms with Gasteiger partial charge < -0.3 is 19.7 Å². The summed E-state index contributed by atoms with van der Waals surface area (Å²) in [7, 11) is 0. The number of amides is 2. The first-order chi connectivity index (χ1) is 14.9. The van der Waals surface area contributed by atoms with E-state index in [0.29, 0.717) is 31.6 Å². The lowest BCUT2D eigenvalue weighted by molar-refractivity contribution is -0.116. The molecule has 0 unspecified atom stereocenters. The van der Waals surface area contributed by atoms with E-state index in [1.807, 2.05) is 11.0 Å². The molecular formula is C23H24F2N2O4. The van der Waals surface area contributed by atoms with E-state index in [1.165, 1.54) is 6.07 Å². The van der Waals surface area contributed by atoms with E-state index >= 15 is 0 Å². The molecule has 1 aliphatic carbocycles. The van der Waals surface area contributed by atoms with Crippen molar-refractivity contribution in [1.29, 1.82) is 0 Å². The first kappa shape index (κ1) is 21.1. The molecule has 1 aliphatic heterocycles. The Kier molecular flexibility index (Phi) is 6.06. The zero-order chi connectivity index (χ0) is 22.0. The predicted octanol–water partition coefficient (Wildman–Crippen LogP) is 4.38. The monoisotopic (exact) mass is 430 g/mol. The highest BCUT2D eigenvalue weighted by atomic mass is 19.3. The number of hydrogen-bond donors (Lipinski definition) is 1. The molecule has 31 heavy (non-hydrogen) atoms. The number of hydrogen-bond acceptors (Lipinski definition) is 4. The molecule has 0 saturated heterocycles. The molecule has 1 fully saturated rings. The molecule has 0 aromatic heterocycles. The molecule has 6 nitrogen and oxygen atoms in total. The lowest BCUT2D eigenvalue weighted by Gasteiger charge is -2.24. The van der Waals surface area contributed by atoms with Crippen molar-refractivity contribution >= 4 is 17.5 Å². The van der Waals surface area contributed by atoms with Crippen molar-refractivity contribution in [2.75, 3.05) is 11.9 Å². The van der Waals surface area contributed by atoms with Gasteiger partial charge in [-0.3, -0.25) is 9.59 Å². The van der Waals surface area contributed by atoms with E-state index in [2.05, 4.69) is 10.1 Å². The largest absolute Gasteiger partial charge is 0.490 e. The van der Waals surface area contributed by atoms with Gasteiger partial charge in [0.2, 0.25) is 5.91 Å². The average Bonchev–Trinajstić information content (AvgIpc) is 3.58. The van der Waals surface area contributed by atoms with Crippen molar-refractivity contribution in [1.82, 2.24) is 4.90 Å². The van der Waals surface area contributed by atoms with Crippen LogP contribution in [0.15, 0.2) is 36.4 Å². The van der Waals surface area contributed by atoms with Gasteiger partial charge >= 0.3 is 6.61 Å². The Balaban J connectivity index is 1.55. The highest BCUT2D eigenvalue weighted by molar-refractivity contribution is 5.98. The van der Waals surface area contributed by atoms with Gasteiger partial charge in [-0.15, -0.1) is 0 Å². The van der Waals surface area contributed by atoms with Crippen molar-refractivity contribution < 1.29 is 27.8 Å². The van der Waals surface area contributed by atoms with E-state index in [1.54, 1.807) is 31.2 Å². The first-order valence-electron chi connectivity index (χ1n) is 10.4. The van der Waals surface area contributed by atoms with E-state index in [0.717, 1.165) is 29.7 Å². The van der Waals surface area contributed by atoms with Gasteiger partial charge in [-0.2, -0.15) is 8.78 Å². The van der Waals surface area contributed by atoms with Gasteiger partial charge in [0.25, 0.3) is 5.91 Å². The fourth-order valence-electron chi connectivity index (χ4n) is 3.74. The number of fused-ring (bicyclic) bond motifs is 1. The second-order valence-corrected chi connectivity index (χ2v) is 7.68. The molecule has 2 aliphatic rings. The smallest absolute Gasteiger partial charge is 0.387 e. The minimum Gasteiger partial charge on any atom is -0.490 e. The molecule has 2 amide bonds. The Morgan fingerprint density at radius 3 is 2.68 bits per heavy atom. The number of nitrogens with zero attached hydrogens (tertiary/aromatic N) is 1. The van der Waals surface area contributed by atoms with Gasteiger partial charge in [-0.1, -0.05) is 6.07 Å². The summed E-state index contributed by atoms with van der Waals surface area (Å²) >= 11 is 0. The van der Waals surface area contributed by atoms with Crippen molar-refractivity contribution in [2.24, 2.45) is 0 Å². The normalized spacial score (nSPS) is 15.3. The van der Waals surface area contributed by atoms with Gasteiger partial charge in [0.15, 0.2) is 11.5 Å². The van der Waals surface area contributed by atoms with Gasteiger partial charge in [-0.05, 0) is 67.6 Å². The first-order valence-corrected chi connectivity index (χ1v) is 10.4. The predicted molar refractivity (Wildman–Crippen MR) is 111 cm³/mol. The van der Waals surface area contributed by atoms with Crippen molar-refractivity contribution in [3.63, 3.8) is 0 Å². The molecule has 1 heterocycles. The number of nitrogens with one attached hydrogen (secondary N) is 1. The Labute approximate surface area is 179 Å². The maximum atomic E-state index is 13.3. The Morgan fingerprint density at radius 1 is 1.16 bits per heavy atom. The van der Waals surface area contributed by atoms with Crippen LogP contribution in [0.1, 0.15) is 47.7 Å². The summed E-state index contributed by atoms with van der Waals surface area (Å²) in [6.45, 7) is -0.535. The molecule has 1 N–H and O–H groups in total. The standard InChI is InChI=1S/C23H24F2N2O4/c1-2-30-20-11-14(3-9-19(20)31-23(24)25)13-27(17-6-7-17)22(29)16-4-8-18-15(12-16)5-10-21(28)26-18/h3-4,8-9,11-12,17,23H,2,5-7,10,13H2,1H3,(H,26,28). The number of benzene rings is 2. The maximum Gasteiger partial charge on any atom is 0.387 e. The fraction of sp³-hybridized carbons (Fsp3) is 0.391. The number of alkyl halides is 2. The summed E-state index contributed by atoms with van der Waals surface area (Å²) in [5.74, 6) is 0.0956. The van der Waals surface area contributed by atoms with E-state index in [9.17, 15) is 18.4 Å². The molecular weight excluding hydrogens is 406 g/mol. The molecule has 0 spiro atoms. The molecule has 4 rings (SSSR count). The highest BCUT2D eigenvalue weighted by Gasteiger charge is 2.33. The lowest BCUT2D eigenvalue weighted by Crippen LogP contribution is -2.33. The maximum absolute atomic E-state index is 13.3. The minimum atomic E-state index is -2.94. The molecule has 8 heteroatoms. The van der Waals surface area contributed by atoms with Gasteiger partial charge in [0.05, 0.1) is 6.61 Å². The van der Waals surface area contributed by atoms with Crippen LogP contribution in [0.4, 0.5) is 14.5 Å². The molecule has 1 saturated carbocycles. The second-order valence-electron chi connectivity index (χ2n) is 7.68. The molecule has 0 atom stereocenters. The quantitative estimate of drug-likeness (QED) is 0.675. The number of carbonyl (C=O) groups is 2. The second kappa shape index (κ2) is 8.91. The summed E-state index contributed by atoms with van der Waals surface area (Å²) in [6.07, 6.45) is 2.87. The Morgan fingerprint density at radius 2 is 1.97 bits per heavy atom. The molecule has 2 aromatic carbocycles. The van der Waals surface area contributed by atoms with Crippen LogP contribution in [0.2, 0.25) is 0 Å². The van der Waals surface area contributed by atoms with Crippen LogP contribution in [0.25, 0.3) is 0 Å². The average molecular weight is 430 g/mol. The van der Waals surface area contributed by atoms with E-state index in [-0.39, 0.29) is 29.4 Å². The number of ether oxygens (including phenoxy) is 2. The fourth-order valence-corrected chi connectivity index (χ4v) is 3.74. The van der Waals surface area contributed by atoms with Gasteiger partial charge in [0, 0.05) is 30.3 Å². The zero-order valence-electron chi connectivity index (χ0n) is 17.2. The van der Waals surface area contributed by atoms with Crippen LogP contribution >= 0.6 is 0 Å². The summed E-state index contributed by atoms with van der Waals surface area (Å²) in [5, 5.41) is 2.82. The lowest BCUT2D eigenvalue weighted by atomic mass is 9.99. The SMILES string of the molecule is CCOc1cc(CN(C(=O)c2ccc3c(c2)CCC(=O)N3)C2CC2)ccc1OC(F)F. The zero-order valence-corrected chi connectivity index (χ0v) is 17.2. The van der Waals surface area contributed by atoms with Crippen LogP contribution in [0.3, 0.4) is 0 Å². The van der Waals surface area contributed by atoms with Gasteiger partial charge in [-0.25, -0.2) is 0 Å². The van der Waals surface area contributed by atoms with Crippen molar-refractivity contribution in [3.8, 4) is 11.5 Å². The highest BCUT2D eigenvalue weighted by Crippen LogP contribution is 2.34. The van der Waals surface area contributed by atoms with Crippen LogP contribution in [0.5, 0.6) is 11.5 Å². The third-order valence-corrected chi connectivity index (χ3v) is 5.37. The van der Waals surface area contributed by atoms with Crippen molar-refractivity contribution in [3.05, 3.63) is 53.1 Å². The number of carbonyl (C=O) groups excluding carboxylic acids is 2. The summed E-state index contributed by atoms with van der Waals surface area (Å²) in [6, 6.07) is 10.3. The third-order valence-electron chi connectivity index (χ3n) is 5.37. The molecule has 0 radical (unpaired) electrons. The molecule has 0 bridgehead atoms. The number of aryl methyl sites for hydroxylation is 1. The third kappa shape index (κ3) is 4.95. The van der Waals surface area contributed by atoms with E-state index in [4.69, 9.17) is 4.74 Å². The topological polar surface area (TPSA) is 67.9 Å². The van der Waals surface area contributed by atoms with Crippen LogP contribution < -0.4 is 14.8 Å². The minimum absolute atomic E-state index is 0.0180. The Bertz CT molecular complexity index is 992. The summed E-state index contributed by atoms with van der Waals surface area (Å²) < 4.78 is 35.3. The number of anilines is 1. The van der Waals surface area contributed by atoms with Crippen LogP contribution in [0, 0.1) is 0 Å². The molecule has 164 valence electrons. The number of rotatable bonds is 8. The van der Waals surface area contributed by atoms with Gasteiger partial charge in [0.1, 0.15) is 0 Å². The van der Waals surface area contributed by atoms with Crippen LogP contribution in [-0.2, 0) is 17.8 Å².